The van der Waals surface area contributed by atoms with E-state index in [-0.39, 0.29) is 18.2 Å². The Morgan fingerprint density at radius 3 is 2.45 bits per heavy atom. The molecule has 0 aromatic heterocycles. The zero-order valence-corrected chi connectivity index (χ0v) is 12.7. The summed E-state index contributed by atoms with van der Waals surface area (Å²) in [6.07, 6.45) is 0.182. The van der Waals surface area contributed by atoms with Gasteiger partial charge in [-0.2, -0.15) is 0 Å². The van der Waals surface area contributed by atoms with Gasteiger partial charge in [0.25, 0.3) is 5.91 Å². The number of benzene rings is 2. The van der Waals surface area contributed by atoms with E-state index in [1.165, 1.54) is 10.5 Å². The quantitative estimate of drug-likeness (QED) is 0.885. The molecule has 1 heterocycles. The lowest BCUT2D eigenvalue weighted by atomic mass is 10.1. The maximum Gasteiger partial charge on any atom is 0.256 e. The van der Waals surface area contributed by atoms with Crippen LogP contribution in [0.1, 0.15) is 17.5 Å². The molecule has 0 aliphatic carbocycles. The third-order valence-corrected chi connectivity index (χ3v) is 3.87. The monoisotopic (exact) mass is 294 g/mol. The molecule has 0 saturated carbocycles. The Bertz CT molecular complexity index is 725. The smallest absolute Gasteiger partial charge is 0.256 e. The molecule has 1 N–H and O–H groups in total. The average molecular weight is 294 g/mol. The number of hydrogen-bond donors (Lipinski definition) is 1. The molecule has 1 aliphatic heterocycles. The van der Waals surface area contributed by atoms with Gasteiger partial charge in [-0.3, -0.25) is 9.59 Å². The van der Waals surface area contributed by atoms with Gasteiger partial charge >= 0.3 is 0 Å². The summed E-state index contributed by atoms with van der Waals surface area (Å²) in [4.78, 5) is 26.0. The molecule has 3 rings (SSSR count). The molecule has 1 atom stereocenters. The first-order valence-corrected chi connectivity index (χ1v) is 7.32. The van der Waals surface area contributed by atoms with Crippen LogP contribution in [0, 0.1) is 13.8 Å². The summed E-state index contributed by atoms with van der Waals surface area (Å²) in [6.45, 7) is 4.02. The molecule has 1 saturated heterocycles. The van der Waals surface area contributed by atoms with Gasteiger partial charge in [0.2, 0.25) is 5.91 Å². The van der Waals surface area contributed by atoms with Crippen molar-refractivity contribution < 1.29 is 9.59 Å². The number of carbonyl (C=O) groups excluding carboxylic acids is 2. The fourth-order valence-electron chi connectivity index (χ4n) is 2.76. The maximum absolute atomic E-state index is 12.5. The Balaban J connectivity index is 1.82. The highest BCUT2D eigenvalue weighted by Crippen LogP contribution is 2.26. The topological polar surface area (TPSA) is 49.4 Å². The minimum Gasteiger partial charge on any atom is -0.373 e. The van der Waals surface area contributed by atoms with Crippen LogP contribution in [0.15, 0.2) is 48.5 Å². The van der Waals surface area contributed by atoms with Crippen molar-refractivity contribution in [2.75, 3.05) is 10.2 Å². The number of rotatable bonds is 3. The largest absolute Gasteiger partial charge is 0.373 e. The summed E-state index contributed by atoms with van der Waals surface area (Å²) in [6, 6.07) is 14.5. The van der Waals surface area contributed by atoms with Crippen molar-refractivity contribution >= 4 is 23.2 Å². The molecule has 2 amide bonds. The van der Waals surface area contributed by atoms with Crippen molar-refractivity contribution in [1.29, 1.82) is 0 Å². The van der Waals surface area contributed by atoms with Crippen molar-refractivity contribution in [3.8, 4) is 0 Å². The van der Waals surface area contributed by atoms with E-state index in [0.29, 0.717) is 5.69 Å². The minimum atomic E-state index is -0.505. The van der Waals surface area contributed by atoms with Gasteiger partial charge in [-0.25, -0.2) is 4.90 Å². The van der Waals surface area contributed by atoms with Crippen LogP contribution in [0.5, 0.6) is 0 Å². The Labute approximate surface area is 129 Å². The number of imide groups is 1. The van der Waals surface area contributed by atoms with Gasteiger partial charge in [-0.1, -0.05) is 35.9 Å². The van der Waals surface area contributed by atoms with Crippen molar-refractivity contribution in [1.82, 2.24) is 0 Å². The summed E-state index contributed by atoms with van der Waals surface area (Å²) < 4.78 is 0. The van der Waals surface area contributed by atoms with E-state index in [1.807, 2.05) is 44.2 Å². The molecule has 0 bridgehead atoms. The molecule has 0 spiro atoms. The maximum atomic E-state index is 12.5. The number of nitrogens with one attached hydrogen (secondary N) is 1. The molecular formula is C18H18N2O2. The SMILES string of the molecule is Cc1ccc(N[C@H]2CC(=O)N(c3ccccc3)C2=O)c(C)c1. The third kappa shape index (κ3) is 2.60. The third-order valence-electron chi connectivity index (χ3n) is 3.87. The van der Waals surface area contributed by atoms with Crippen LogP contribution in [0.4, 0.5) is 11.4 Å². The summed E-state index contributed by atoms with van der Waals surface area (Å²) in [5.41, 5.74) is 3.76. The first-order chi connectivity index (χ1) is 10.6. The predicted molar refractivity (Wildman–Crippen MR) is 86.9 cm³/mol. The average Bonchev–Trinajstić information content (AvgIpc) is 2.77. The molecule has 22 heavy (non-hydrogen) atoms. The van der Waals surface area contributed by atoms with E-state index in [1.54, 1.807) is 12.1 Å². The van der Waals surface area contributed by atoms with Crippen molar-refractivity contribution in [2.24, 2.45) is 0 Å². The summed E-state index contributed by atoms with van der Waals surface area (Å²) in [5, 5.41) is 3.20. The van der Waals surface area contributed by atoms with Gasteiger partial charge < -0.3 is 5.32 Å². The van der Waals surface area contributed by atoms with E-state index in [2.05, 4.69) is 11.4 Å². The Kier molecular flexibility index (Phi) is 3.67. The first kappa shape index (κ1) is 14.3. The molecule has 2 aromatic rings. The second-order valence-corrected chi connectivity index (χ2v) is 5.62. The van der Waals surface area contributed by atoms with Crippen LogP contribution >= 0.6 is 0 Å². The second-order valence-electron chi connectivity index (χ2n) is 5.62. The summed E-state index contributed by atoms with van der Waals surface area (Å²) in [7, 11) is 0. The number of aryl methyl sites for hydroxylation is 2. The minimum absolute atomic E-state index is 0.168. The highest BCUT2D eigenvalue weighted by atomic mass is 16.2. The van der Waals surface area contributed by atoms with Gasteiger partial charge in [-0.05, 0) is 37.6 Å². The molecule has 112 valence electrons. The number of para-hydroxylation sites is 1. The molecule has 4 heteroatoms. The molecule has 1 fully saturated rings. The molecular weight excluding hydrogens is 276 g/mol. The van der Waals surface area contributed by atoms with Crippen LogP contribution in [-0.2, 0) is 9.59 Å². The fourth-order valence-corrected chi connectivity index (χ4v) is 2.76. The van der Waals surface area contributed by atoms with Crippen LogP contribution in [0.25, 0.3) is 0 Å². The Hall–Kier alpha value is -2.62. The second kappa shape index (κ2) is 5.64. The van der Waals surface area contributed by atoms with Gasteiger partial charge in [0.15, 0.2) is 0 Å². The van der Waals surface area contributed by atoms with Gasteiger partial charge in [0.1, 0.15) is 6.04 Å². The highest BCUT2D eigenvalue weighted by Gasteiger charge is 2.39. The molecule has 1 aliphatic rings. The predicted octanol–water partition coefficient (Wildman–Crippen LogP) is 3.05. The standard InChI is InChI=1S/C18H18N2O2/c1-12-8-9-15(13(2)10-12)19-16-11-17(21)20(18(16)22)14-6-4-3-5-7-14/h3-10,16,19H,11H2,1-2H3/t16-/m0/s1. The number of amides is 2. The molecule has 0 unspecified atom stereocenters. The van der Waals surface area contributed by atoms with Gasteiger partial charge in [-0.15, -0.1) is 0 Å². The van der Waals surface area contributed by atoms with Gasteiger partial charge in [0.05, 0.1) is 12.1 Å². The number of carbonyl (C=O) groups is 2. The number of anilines is 2. The van der Waals surface area contributed by atoms with Crippen LogP contribution in [0.2, 0.25) is 0 Å². The zero-order chi connectivity index (χ0) is 15.7. The van der Waals surface area contributed by atoms with Crippen LogP contribution in [-0.4, -0.2) is 17.9 Å². The van der Waals surface area contributed by atoms with E-state index in [4.69, 9.17) is 0 Å². The fraction of sp³-hybridized carbons (Fsp3) is 0.222. The lowest BCUT2D eigenvalue weighted by molar-refractivity contribution is -0.121. The normalized spacial score (nSPS) is 17.9. The van der Waals surface area contributed by atoms with Crippen molar-refractivity contribution in [3.63, 3.8) is 0 Å². The van der Waals surface area contributed by atoms with E-state index >= 15 is 0 Å². The highest BCUT2D eigenvalue weighted by molar-refractivity contribution is 6.23. The first-order valence-electron chi connectivity index (χ1n) is 7.32. The van der Waals surface area contributed by atoms with Crippen LogP contribution < -0.4 is 10.2 Å². The lowest BCUT2D eigenvalue weighted by Crippen LogP contribution is -2.34. The molecule has 2 aromatic carbocycles. The summed E-state index contributed by atoms with van der Waals surface area (Å²) >= 11 is 0. The lowest BCUT2D eigenvalue weighted by Gasteiger charge is -2.17. The molecule has 0 radical (unpaired) electrons. The van der Waals surface area contributed by atoms with Crippen molar-refractivity contribution in [2.45, 2.75) is 26.3 Å². The van der Waals surface area contributed by atoms with Crippen molar-refractivity contribution in [3.05, 3.63) is 59.7 Å². The van der Waals surface area contributed by atoms with E-state index in [9.17, 15) is 9.59 Å². The number of nitrogens with zero attached hydrogens (tertiary/aromatic N) is 1. The Morgan fingerprint density at radius 2 is 1.77 bits per heavy atom. The molecule has 4 nitrogen and oxygen atoms in total. The summed E-state index contributed by atoms with van der Waals surface area (Å²) in [5.74, 6) is -0.366. The van der Waals surface area contributed by atoms with E-state index in [0.717, 1.165) is 11.3 Å². The van der Waals surface area contributed by atoms with Gasteiger partial charge in [0, 0.05) is 5.69 Å². The van der Waals surface area contributed by atoms with Crippen LogP contribution in [0.3, 0.4) is 0 Å². The number of hydrogen-bond acceptors (Lipinski definition) is 3. The van der Waals surface area contributed by atoms with E-state index < -0.39 is 6.04 Å². The Morgan fingerprint density at radius 1 is 1.05 bits per heavy atom. The zero-order valence-electron chi connectivity index (χ0n) is 12.7.